The van der Waals surface area contributed by atoms with Gasteiger partial charge in [-0.2, -0.15) is 0 Å². The number of nitrogens with zero attached hydrogens (tertiary/aromatic N) is 2. The number of piperazine rings is 1. The number of para-hydroxylation sites is 2. The average Bonchev–Trinajstić information content (AvgIpc) is 2.94. The van der Waals surface area contributed by atoms with E-state index in [0.29, 0.717) is 18.8 Å². The molecule has 0 spiro atoms. The zero-order chi connectivity index (χ0) is 14.8. The van der Waals surface area contributed by atoms with Gasteiger partial charge in [-0.15, -0.1) is 11.3 Å². The van der Waals surface area contributed by atoms with Crippen molar-refractivity contribution in [2.45, 2.75) is 0 Å². The molecule has 0 unspecified atom stereocenters. The molecule has 0 bridgehead atoms. The molecular formula is C15H15IN2O2S. The summed E-state index contributed by atoms with van der Waals surface area (Å²) in [6, 6.07) is 9.27. The van der Waals surface area contributed by atoms with Gasteiger partial charge in [0.05, 0.1) is 14.1 Å². The van der Waals surface area contributed by atoms with Crippen molar-refractivity contribution < 1.29 is 9.90 Å². The van der Waals surface area contributed by atoms with Gasteiger partial charge in [0.1, 0.15) is 5.75 Å². The Labute approximate surface area is 141 Å². The zero-order valence-electron chi connectivity index (χ0n) is 11.3. The normalized spacial score (nSPS) is 15.3. The zero-order valence-corrected chi connectivity index (χ0v) is 14.3. The molecule has 1 saturated heterocycles. The monoisotopic (exact) mass is 414 g/mol. The highest BCUT2D eigenvalue weighted by Gasteiger charge is 2.23. The summed E-state index contributed by atoms with van der Waals surface area (Å²) < 4.78 is 1.13. The summed E-state index contributed by atoms with van der Waals surface area (Å²) in [5.74, 6) is 0.399. The SMILES string of the molecule is O=C(c1csc(I)c1)N1CCN(c2ccccc2O)CC1. The van der Waals surface area contributed by atoms with Crippen LogP contribution in [0.3, 0.4) is 0 Å². The summed E-state index contributed by atoms with van der Waals surface area (Å²) in [5.41, 5.74) is 1.62. The Bertz CT molecular complexity index is 651. The second-order valence-corrected chi connectivity index (χ2v) is 7.71. The summed E-state index contributed by atoms with van der Waals surface area (Å²) in [7, 11) is 0. The number of amides is 1. The minimum Gasteiger partial charge on any atom is -0.506 e. The molecule has 3 rings (SSSR count). The van der Waals surface area contributed by atoms with E-state index in [4.69, 9.17) is 0 Å². The Hall–Kier alpha value is -1.28. The Morgan fingerprint density at radius 1 is 1.19 bits per heavy atom. The Morgan fingerprint density at radius 3 is 2.52 bits per heavy atom. The number of phenols is 1. The Balaban J connectivity index is 1.65. The molecule has 1 aliphatic rings. The first-order valence-corrected chi connectivity index (χ1v) is 8.67. The smallest absolute Gasteiger partial charge is 0.254 e. The molecule has 21 heavy (non-hydrogen) atoms. The fourth-order valence-electron chi connectivity index (χ4n) is 2.49. The predicted molar refractivity (Wildman–Crippen MR) is 93.3 cm³/mol. The fourth-order valence-corrected chi connectivity index (χ4v) is 3.81. The highest BCUT2D eigenvalue weighted by Crippen LogP contribution is 2.27. The molecule has 4 nitrogen and oxygen atoms in total. The lowest BCUT2D eigenvalue weighted by atomic mass is 10.2. The van der Waals surface area contributed by atoms with E-state index in [0.717, 1.165) is 27.2 Å². The van der Waals surface area contributed by atoms with Gasteiger partial charge in [-0.25, -0.2) is 0 Å². The number of thiophene rings is 1. The van der Waals surface area contributed by atoms with E-state index in [1.165, 1.54) is 0 Å². The van der Waals surface area contributed by atoms with Crippen LogP contribution >= 0.6 is 33.9 Å². The van der Waals surface area contributed by atoms with E-state index >= 15 is 0 Å². The molecule has 0 atom stereocenters. The fraction of sp³-hybridized carbons (Fsp3) is 0.267. The topological polar surface area (TPSA) is 43.8 Å². The molecule has 0 radical (unpaired) electrons. The summed E-state index contributed by atoms with van der Waals surface area (Å²) in [6.07, 6.45) is 0. The first kappa shape index (κ1) is 14.6. The molecule has 2 heterocycles. The quantitative estimate of drug-likeness (QED) is 0.769. The van der Waals surface area contributed by atoms with Crippen LogP contribution in [0.4, 0.5) is 5.69 Å². The van der Waals surface area contributed by atoms with Gasteiger partial charge in [0.15, 0.2) is 0 Å². The van der Waals surface area contributed by atoms with E-state index in [2.05, 4.69) is 27.5 Å². The van der Waals surface area contributed by atoms with Gasteiger partial charge in [-0.3, -0.25) is 4.79 Å². The third-order valence-electron chi connectivity index (χ3n) is 3.60. The second kappa shape index (κ2) is 6.23. The van der Waals surface area contributed by atoms with Gasteiger partial charge in [0, 0.05) is 31.6 Å². The Kier molecular flexibility index (Phi) is 4.34. The third kappa shape index (κ3) is 3.16. The van der Waals surface area contributed by atoms with Crippen LogP contribution in [0.5, 0.6) is 5.75 Å². The second-order valence-electron chi connectivity index (χ2n) is 4.91. The van der Waals surface area contributed by atoms with Crippen molar-refractivity contribution in [1.29, 1.82) is 0 Å². The van der Waals surface area contributed by atoms with Crippen molar-refractivity contribution >= 4 is 45.5 Å². The molecule has 1 amide bonds. The number of aromatic hydroxyl groups is 1. The lowest BCUT2D eigenvalue weighted by molar-refractivity contribution is 0.0747. The number of carbonyl (C=O) groups excluding carboxylic acids is 1. The van der Waals surface area contributed by atoms with Crippen LogP contribution in [0.15, 0.2) is 35.7 Å². The van der Waals surface area contributed by atoms with Gasteiger partial charge in [0.2, 0.25) is 0 Å². The Morgan fingerprint density at radius 2 is 1.90 bits per heavy atom. The molecule has 2 aromatic rings. The standard InChI is InChI=1S/C15H15IN2O2S/c16-14-9-11(10-21-14)15(20)18-7-5-17(6-8-18)12-3-1-2-4-13(12)19/h1-4,9-10,19H,5-8H2. The number of hydrogen-bond donors (Lipinski definition) is 1. The predicted octanol–water partition coefficient (Wildman–Crippen LogP) is 3.02. The minimum absolute atomic E-state index is 0.103. The first-order chi connectivity index (χ1) is 10.1. The summed E-state index contributed by atoms with van der Waals surface area (Å²) >= 11 is 3.82. The summed E-state index contributed by atoms with van der Waals surface area (Å²) in [5, 5.41) is 11.8. The molecule has 1 fully saturated rings. The average molecular weight is 414 g/mol. The van der Waals surface area contributed by atoms with Crippen LogP contribution in [0, 0.1) is 2.88 Å². The third-order valence-corrected chi connectivity index (χ3v) is 5.39. The van der Waals surface area contributed by atoms with E-state index in [-0.39, 0.29) is 5.91 Å². The minimum atomic E-state index is 0.103. The molecule has 1 N–H and O–H groups in total. The van der Waals surface area contributed by atoms with E-state index < -0.39 is 0 Å². The van der Waals surface area contributed by atoms with Crippen molar-refractivity contribution in [3.05, 3.63) is 44.2 Å². The van der Waals surface area contributed by atoms with Gasteiger partial charge in [-0.05, 0) is 40.8 Å². The van der Waals surface area contributed by atoms with Crippen LogP contribution in [-0.2, 0) is 0 Å². The van der Waals surface area contributed by atoms with Crippen LogP contribution < -0.4 is 4.90 Å². The van der Waals surface area contributed by atoms with E-state index in [9.17, 15) is 9.90 Å². The van der Waals surface area contributed by atoms with Crippen LogP contribution in [0.25, 0.3) is 0 Å². The molecule has 1 aromatic heterocycles. The highest BCUT2D eigenvalue weighted by atomic mass is 127. The number of phenolic OH excluding ortho intramolecular Hbond substituents is 1. The van der Waals surface area contributed by atoms with Crippen LogP contribution in [-0.4, -0.2) is 42.1 Å². The van der Waals surface area contributed by atoms with Gasteiger partial charge in [-0.1, -0.05) is 12.1 Å². The molecule has 0 aliphatic carbocycles. The summed E-state index contributed by atoms with van der Waals surface area (Å²) in [6.45, 7) is 2.84. The van der Waals surface area contributed by atoms with Crippen molar-refractivity contribution in [2.75, 3.05) is 31.1 Å². The van der Waals surface area contributed by atoms with Crippen LogP contribution in [0.1, 0.15) is 10.4 Å². The number of carbonyl (C=O) groups is 1. The number of benzene rings is 1. The van der Waals surface area contributed by atoms with Gasteiger partial charge in [0.25, 0.3) is 5.91 Å². The van der Waals surface area contributed by atoms with E-state index in [1.807, 2.05) is 34.5 Å². The molecule has 0 saturated carbocycles. The van der Waals surface area contributed by atoms with Gasteiger partial charge < -0.3 is 14.9 Å². The number of halogens is 1. The molecule has 1 aromatic carbocycles. The van der Waals surface area contributed by atoms with Crippen molar-refractivity contribution in [3.8, 4) is 5.75 Å². The first-order valence-electron chi connectivity index (χ1n) is 6.71. The molecule has 110 valence electrons. The highest BCUT2D eigenvalue weighted by molar-refractivity contribution is 14.1. The lowest BCUT2D eigenvalue weighted by Gasteiger charge is -2.36. The van der Waals surface area contributed by atoms with Crippen molar-refractivity contribution in [1.82, 2.24) is 4.90 Å². The molecule has 1 aliphatic heterocycles. The molecule has 6 heteroatoms. The number of anilines is 1. The van der Waals surface area contributed by atoms with Crippen molar-refractivity contribution in [3.63, 3.8) is 0 Å². The van der Waals surface area contributed by atoms with Crippen molar-refractivity contribution in [2.24, 2.45) is 0 Å². The van der Waals surface area contributed by atoms with Gasteiger partial charge >= 0.3 is 0 Å². The summed E-state index contributed by atoms with van der Waals surface area (Å²) in [4.78, 5) is 16.4. The maximum atomic E-state index is 12.4. The maximum absolute atomic E-state index is 12.4. The number of rotatable bonds is 2. The van der Waals surface area contributed by atoms with Crippen LogP contribution in [0.2, 0.25) is 0 Å². The number of hydrogen-bond acceptors (Lipinski definition) is 4. The van der Waals surface area contributed by atoms with E-state index in [1.54, 1.807) is 17.4 Å². The largest absolute Gasteiger partial charge is 0.506 e. The molecular weight excluding hydrogens is 399 g/mol. The lowest BCUT2D eigenvalue weighted by Crippen LogP contribution is -2.48. The maximum Gasteiger partial charge on any atom is 0.254 e.